The van der Waals surface area contributed by atoms with Crippen molar-refractivity contribution >= 4 is 23.1 Å². The zero-order valence-corrected chi connectivity index (χ0v) is 24.1. The van der Waals surface area contributed by atoms with Crippen LogP contribution < -0.4 is 10.8 Å². The molecule has 0 atom stereocenters. The maximum atomic E-state index is 12.3. The van der Waals surface area contributed by atoms with Crippen LogP contribution in [0.1, 0.15) is 63.0 Å². The molecule has 208 valence electrons. The third kappa shape index (κ3) is 11.6. The van der Waals surface area contributed by atoms with Gasteiger partial charge in [0.05, 0.1) is 0 Å². The molecular formula is C34H38FeN2O3+2. The molecule has 2 aromatic rings. The van der Waals surface area contributed by atoms with E-state index in [-0.39, 0.29) is 28.9 Å². The number of hydrogen-bond donors (Lipinski definition) is 3. The second-order valence-corrected chi connectivity index (χ2v) is 9.28. The second-order valence-electron chi connectivity index (χ2n) is 9.28. The number of carbonyl (C=O) groups is 2. The Kier molecular flexibility index (Phi) is 16.6. The van der Waals surface area contributed by atoms with Crippen molar-refractivity contribution in [3.8, 4) is 0 Å². The fourth-order valence-electron chi connectivity index (χ4n) is 4.47. The monoisotopic (exact) mass is 578 g/mol. The van der Waals surface area contributed by atoms with Crippen molar-refractivity contribution in [1.29, 1.82) is 0 Å². The summed E-state index contributed by atoms with van der Waals surface area (Å²) in [5, 5.41) is 11.5. The summed E-state index contributed by atoms with van der Waals surface area (Å²) in [6, 6.07) is 18.5. The fourth-order valence-corrected chi connectivity index (χ4v) is 4.47. The van der Waals surface area contributed by atoms with Gasteiger partial charge >= 0.3 is 17.1 Å². The van der Waals surface area contributed by atoms with Crippen molar-refractivity contribution < 1.29 is 31.9 Å². The minimum Gasteiger partial charge on any atom is -0.326 e. The first-order chi connectivity index (χ1) is 19.1. The topological polar surface area (TPSA) is 78.4 Å². The molecule has 3 N–H and O–H groups in total. The summed E-state index contributed by atoms with van der Waals surface area (Å²) in [4.78, 5) is 23.3. The standard InChI is InChI=1S/C29H33N2O3.C5H5.Fe/c1-2-26(22-12-10-11-13-22)29(23-14-6-5-7-15-23)24-18-20-25(21-19-24)30-27(32)16-8-3-4-9-17-28(33)31-34;1-2-4-5-3-1;/h5-7,10-15,18-21,34H,2-4,8-9,16-17H2,1H3,(H,30,32)(H,31,33);1-5H;/q;;+2/b29-26-;;. The van der Waals surface area contributed by atoms with E-state index in [1.54, 1.807) is 5.48 Å². The van der Waals surface area contributed by atoms with Gasteiger partial charge in [-0.05, 0) is 106 Å². The molecule has 2 aliphatic rings. The van der Waals surface area contributed by atoms with E-state index in [1.165, 1.54) is 22.6 Å². The maximum Gasteiger partial charge on any atom is 2.00 e. The molecule has 2 aliphatic carbocycles. The number of benzene rings is 2. The van der Waals surface area contributed by atoms with Crippen LogP contribution in [-0.2, 0) is 26.7 Å². The van der Waals surface area contributed by atoms with Crippen LogP contribution in [0.3, 0.4) is 0 Å². The van der Waals surface area contributed by atoms with Crippen molar-refractivity contribution in [3.05, 3.63) is 135 Å². The first-order valence-corrected chi connectivity index (χ1v) is 13.6. The predicted molar refractivity (Wildman–Crippen MR) is 157 cm³/mol. The SMILES string of the molecule is CC/C([C]1[CH][CH][CH][CH]1)=C(\c1ccccc1)c1ccc(NC(=O)CCCCCCC(=O)NO)cc1.[CH]1[CH][CH][CH][CH]1.[Fe+2]. The van der Waals surface area contributed by atoms with Gasteiger partial charge in [0.1, 0.15) is 0 Å². The molecule has 0 saturated heterocycles. The number of hydrogen-bond acceptors (Lipinski definition) is 3. The summed E-state index contributed by atoms with van der Waals surface area (Å²) in [6.45, 7) is 2.18. The summed E-state index contributed by atoms with van der Waals surface area (Å²) in [5.41, 5.74) is 7.22. The van der Waals surface area contributed by atoms with Crippen molar-refractivity contribution in [1.82, 2.24) is 5.48 Å². The number of rotatable bonds is 12. The van der Waals surface area contributed by atoms with Crippen LogP contribution in [0.4, 0.5) is 5.69 Å². The molecule has 2 saturated carbocycles. The largest absolute Gasteiger partial charge is 2.00 e. The maximum absolute atomic E-state index is 12.3. The number of amides is 2. The minimum atomic E-state index is -0.368. The zero-order chi connectivity index (χ0) is 27.7. The van der Waals surface area contributed by atoms with Gasteiger partial charge < -0.3 is 5.32 Å². The molecule has 0 heterocycles. The number of hydroxylamine groups is 1. The molecule has 2 fully saturated rings. The first-order valence-electron chi connectivity index (χ1n) is 13.6. The predicted octanol–water partition coefficient (Wildman–Crippen LogP) is 7.11. The van der Waals surface area contributed by atoms with E-state index in [1.807, 2.05) is 50.3 Å². The summed E-state index contributed by atoms with van der Waals surface area (Å²) >= 11 is 0. The van der Waals surface area contributed by atoms with E-state index < -0.39 is 0 Å². The van der Waals surface area contributed by atoms with E-state index in [0.29, 0.717) is 19.3 Å². The smallest absolute Gasteiger partial charge is 0.326 e. The molecule has 0 aromatic heterocycles. The Labute approximate surface area is 252 Å². The minimum absolute atomic E-state index is 0. The van der Waals surface area contributed by atoms with Crippen LogP contribution in [0.5, 0.6) is 0 Å². The van der Waals surface area contributed by atoms with E-state index in [4.69, 9.17) is 5.21 Å². The van der Waals surface area contributed by atoms with Gasteiger partial charge in [-0.1, -0.05) is 67.8 Å². The van der Waals surface area contributed by atoms with Gasteiger partial charge in [0.2, 0.25) is 11.8 Å². The van der Waals surface area contributed by atoms with Crippen LogP contribution in [0, 0.1) is 63.7 Å². The van der Waals surface area contributed by atoms with Gasteiger partial charge in [-0.3, -0.25) is 14.8 Å². The van der Waals surface area contributed by atoms with Gasteiger partial charge in [-0.25, -0.2) is 5.48 Å². The van der Waals surface area contributed by atoms with Crippen molar-refractivity contribution in [2.45, 2.75) is 51.9 Å². The molecule has 6 heteroatoms. The van der Waals surface area contributed by atoms with Gasteiger partial charge in [0.15, 0.2) is 0 Å². The van der Waals surface area contributed by atoms with Crippen LogP contribution in [0.25, 0.3) is 5.57 Å². The Morgan fingerprint density at radius 2 is 1.20 bits per heavy atom. The van der Waals surface area contributed by atoms with Crippen molar-refractivity contribution in [2.75, 3.05) is 5.32 Å². The Bertz CT molecular complexity index is 1020. The van der Waals surface area contributed by atoms with Crippen LogP contribution >= 0.6 is 0 Å². The van der Waals surface area contributed by atoms with Gasteiger partial charge in [-0.2, -0.15) is 0 Å². The molecule has 4 rings (SSSR count). The molecule has 0 spiro atoms. The number of unbranched alkanes of at least 4 members (excludes halogenated alkanes) is 3. The molecule has 5 nitrogen and oxygen atoms in total. The molecular weight excluding hydrogens is 540 g/mol. The average molecular weight is 579 g/mol. The molecule has 2 aromatic carbocycles. The second kappa shape index (κ2) is 19.6. The third-order valence-electron chi connectivity index (χ3n) is 6.42. The molecule has 2 amide bonds. The summed E-state index contributed by atoms with van der Waals surface area (Å²) in [6.07, 6.45) is 23.3. The third-order valence-corrected chi connectivity index (χ3v) is 6.42. The number of nitrogens with one attached hydrogen (secondary N) is 2. The summed E-state index contributed by atoms with van der Waals surface area (Å²) < 4.78 is 0. The summed E-state index contributed by atoms with van der Waals surface area (Å²) in [7, 11) is 0. The Morgan fingerprint density at radius 1 is 0.675 bits per heavy atom. The first kappa shape index (κ1) is 33.8. The van der Waals surface area contributed by atoms with Gasteiger partial charge in [-0.15, -0.1) is 0 Å². The molecule has 0 bridgehead atoms. The Morgan fingerprint density at radius 3 is 1.73 bits per heavy atom. The van der Waals surface area contributed by atoms with Crippen LogP contribution in [-0.4, -0.2) is 17.0 Å². The van der Waals surface area contributed by atoms with E-state index in [9.17, 15) is 9.59 Å². The van der Waals surface area contributed by atoms with Crippen LogP contribution in [0.15, 0.2) is 60.2 Å². The average Bonchev–Trinajstić information content (AvgIpc) is 3.72. The molecule has 0 aliphatic heterocycles. The normalized spacial score (nSPS) is 15.3. The Hall–Kier alpha value is -2.40. The van der Waals surface area contributed by atoms with E-state index in [0.717, 1.165) is 36.9 Å². The summed E-state index contributed by atoms with van der Waals surface area (Å²) in [5.74, 6) is 0.855. The van der Waals surface area contributed by atoms with Crippen LogP contribution in [0.2, 0.25) is 0 Å². The van der Waals surface area contributed by atoms with E-state index in [2.05, 4.69) is 74.3 Å². The van der Waals surface area contributed by atoms with Crippen molar-refractivity contribution in [2.24, 2.45) is 0 Å². The van der Waals surface area contributed by atoms with E-state index >= 15 is 0 Å². The van der Waals surface area contributed by atoms with Gasteiger partial charge in [0, 0.05) is 24.4 Å². The molecule has 0 unspecified atom stereocenters. The van der Waals surface area contributed by atoms with Gasteiger partial charge in [0.25, 0.3) is 0 Å². The number of anilines is 1. The molecule has 10 radical (unpaired) electrons. The molecule has 40 heavy (non-hydrogen) atoms. The zero-order valence-electron chi connectivity index (χ0n) is 23.0. The number of allylic oxidation sites excluding steroid dienone is 1. The quantitative estimate of drug-likeness (QED) is 0.109. The Balaban J connectivity index is 0.000000840. The number of carbonyl (C=O) groups excluding carboxylic acids is 2. The fraction of sp³-hybridized carbons (Fsp3) is 0.235. The van der Waals surface area contributed by atoms with Crippen molar-refractivity contribution in [3.63, 3.8) is 0 Å².